The average Bonchev–Trinajstić information content (AvgIpc) is 2.92. The first-order chi connectivity index (χ1) is 8.66. The van der Waals surface area contributed by atoms with E-state index in [2.05, 4.69) is 25.5 Å². The van der Waals surface area contributed by atoms with Crippen molar-refractivity contribution < 1.29 is 0 Å². The molecule has 0 saturated carbocycles. The summed E-state index contributed by atoms with van der Waals surface area (Å²) in [5, 5.41) is 9.96. The third kappa shape index (κ3) is 1.54. The smallest absolute Gasteiger partial charge is 0.214 e. The lowest BCUT2D eigenvalue weighted by Crippen LogP contribution is -2.04. The minimum Gasteiger partial charge on any atom is -0.310 e. The van der Waals surface area contributed by atoms with E-state index in [0.29, 0.717) is 0 Å². The van der Waals surface area contributed by atoms with E-state index in [-0.39, 0.29) is 0 Å². The van der Waals surface area contributed by atoms with Gasteiger partial charge in [-0.15, -0.1) is 0 Å². The van der Waals surface area contributed by atoms with Gasteiger partial charge in [0.2, 0.25) is 5.95 Å². The first-order valence-corrected chi connectivity index (χ1v) is 5.74. The van der Waals surface area contributed by atoms with Crippen LogP contribution >= 0.6 is 0 Å². The lowest BCUT2D eigenvalue weighted by Gasteiger charge is -2.08. The van der Waals surface area contributed by atoms with Crippen molar-refractivity contribution in [3.05, 3.63) is 35.5 Å². The Morgan fingerprint density at radius 3 is 2.83 bits per heavy atom. The van der Waals surface area contributed by atoms with E-state index < -0.39 is 0 Å². The second-order valence-corrected chi connectivity index (χ2v) is 4.29. The fraction of sp³-hybridized carbons (Fsp3) is 0.250. The zero-order chi connectivity index (χ0) is 12.7. The van der Waals surface area contributed by atoms with Crippen LogP contribution in [0.25, 0.3) is 5.52 Å². The highest BCUT2D eigenvalue weighted by Gasteiger charge is 2.12. The fourth-order valence-corrected chi connectivity index (χ4v) is 2.20. The molecule has 0 radical (unpaired) electrons. The normalized spacial score (nSPS) is 11.1. The van der Waals surface area contributed by atoms with Crippen molar-refractivity contribution in [2.24, 2.45) is 0 Å². The molecule has 6 nitrogen and oxygen atoms in total. The molecule has 0 unspecified atom stereocenters. The number of hydrogen-bond donors (Lipinski definition) is 2. The molecule has 3 heterocycles. The van der Waals surface area contributed by atoms with Gasteiger partial charge in [-0.05, 0) is 26.3 Å². The Kier molecular flexibility index (Phi) is 2.29. The predicted octanol–water partition coefficient (Wildman–Crippen LogP) is 2.12. The predicted molar refractivity (Wildman–Crippen MR) is 69.1 cm³/mol. The molecule has 0 aliphatic rings. The van der Waals surface area contributed by atoms with Crippen molar-refractivity contribution in [2.45, 2.75) is 20.8 Å². The summed E-state index contributed by atoms with van der Waals surface area (Å²) in [7, 11) is 0. The van der Waals surface area contributed by atoms with Crippen LogP contribution < -0.4 is 5.32 Å². The molecule has 2 N–H and O–H groups in total. The van der Waals surface area contributed by atoms with E-state index in [9.17, 15) is 0 Å². The number of hydrogen-bond acceptors (Lipinski definition) is 4. The van der Waals surface area contributed by atoms with E-state index >= 15 is 0 Å². The van der Waals surface area contributed by atoms with Crippen LogP contribution in [-0.4, -0.2) is 24.6 Å². The van der Waals surface area contributed by atoms with E-state index in [4.69, 9.17) is 0 Å². The molecule has 0 bridgehead atoms. The number of nitrogens with zero attached hydrogens (tertiary/aromatic N) is 4. The minimum absolute atomic E-state index is 0.734. The van der Waals surface area contributed by atoms with Gasteiger partial charge in [0.05, 0.1) is 17.4 Å². The lowest BCUT2D eigenvalue weighted by molar-refractivity contribution is 0.990. The first-order valence-electron chi connectivity index (χ1n) is 5.74. The largest absolute Gasteiger partial charge is 0.310 e. The van der Waals surface area contributed by atoms with E-state index in [1.807, 2.05) is 37.4 Å². The topological polar surface area (TPSA) is 70.9 Å². The summed E-state index contributed by atoms with van der Waals surface area (Å²) in [6.45, 7) is 6.02. The van der Waals surface area contributed by atoms with Crippen LogP contribution in [0.3, 0.4) is 0 Å². The quantitative estimate of drug-likeness (QED) is 0.722. The number of aromatic amines is 1. The third-order valence-electron chi connectivity index (χ3n) is 2.93. The van der Waals surface area contributed by atoms with Crippen molar-refractivity contribution in [1.82, 2.24) is 24.6 Å². The zero-order valence-corrected chi connectivity index (χ0v) is 10.5. The van der Waals surface area contributed by atoms with Crippen LogP contribution in [0.15, 0.2) is 18.5 Å². The summed E-state index contributed by atoms with van der Waals surface area (Å²) in [5.74, 6) is 2.46. The zero-order valence-electron chi connectivity index (χ0n) is 10.5. The Bertz CT molecular complexity index is 695. The third-order valence-corrected chi connectivity index (χ3v) is 2.93. The van der Waals surface area contributed by atoms with E-state index in [0.717, 1.165) is 34.4 Å². The average molecular weight is 242 g/mol. The number of nitrogens with one attached hydrogen (secondary N) is 2. The van der Waals surface area contributed by atoms with Gasteiger partial charge >= 0.3 is 0 Å². The van der Waals surface area contributed by atoms with Crippen LogP contribution in [0.4, 0.5) is 11.8 Å². The molecule has 6 heteroatoms. The minimum atomic E-state index is 0.734. The number of rotatable bonds is 2. The molecule has 0 saturated heterocycles. The maximum atomic E-state index is 4.50. The standard InChI is InChI=1S/C12H14N6/c1-7-6-13-12(16-10-4-5-14-17-10)18-9(3)15-8(2)11(7)18/h4-6H,1-3H3,(H2,13,14,16,17). The van der Waals surface area contributed by atoms with Gasteiger partial charge in [-0.2, -0.15) is 5.10 Å². The molecule has 3 aromatic rings. The van der Waals surface area contributed by atoms with Gasteiger partial charge in [0, 0.05) is 12.3 Å². The molecule has 92 valence electrons. The van der Waals surface area contributed by atoms with Crippen LogP contribution in [0, 0.1) is 20.8 Å². The molecule has 3 aromatic heterocycles. The van der Waals surface area contributed by atoms with Gasteiger partial charge in [-0.1, -0.05) is 0 Å². The fourth-order valence-electron chi connectivity index (χ4n) is 2.20. The Balaban J connectivity index is 2.21. The highest BCUT2D eigenvalue weighted by Crippen LogP contribution is 2.21. The van der Waals surface area contributed by atoms with Gasteiger partial charge in [-0.25, -0.2) is 9.97 Å². The molecule has 0 aliphatic heterocycles. The van der Waals surface area contributed by atoms with Gasteiger partial charge in [0.25, 0.3) is 0 Å². The highest BCUT2D eigenvalue weighted by molar-refractivity contribution is 5.63. The maximum Gasteiger partial charge on any atom is 0.214 e. The molecule has 0 fully saturated rings. The summed E-state index contributed by atoms with van der Waals surface area (Å²) >= 11 is 0. The summed E-state index contributed by atoms with van der Waals surface area (Å²) in [4.78, 5) is 8.92. The molecule has 0 atom stereocenters. The summed E-state index contributed by atoms with van der Waals surface area (Å²) < 4.78 is 2.02. The number of H-pyrrole nitrogens is 1. The molecule has 0 aliphatic carbocycles. The molecule has 0 spiro atoms. The second kappa shape index (κ2) is 3.83. The Morgan fingerprint density at radius 2 is 2.11 bits per heavy atom. The lowest BCUT2D eigenvalue weighted by atomic mass is 10.2. The van der Waals surface area contributed by atoms with Crippen LogP contribution in [0.5, 0.6) is 0 Å². The summed E-state index contributed by atoms with van der Waals surface area (Å²) in [6.07, 6.45) is 3.54. The number of aryl methyl sites for hydroxylation is 3. The molecule has 18 heavy (non-hydrogen) atoms. The van der Waals surface area contributed by atoms with Gasteiger partial charge < -0.3 is 5.32 Å². The van der Waals surface area contributed by atoms with E-state index in [1.165, 1.54) is 0 Å². The van der Waals surface area contributed by atoms with Crippen molar-refractivity contribution in [3.63, 3.8) is 0 Å². The monoisotopic (exact) mass is 242 g/mol. The van der Waals surface area contributed by atoms with Crippen LogP contribution in [-0.2, 0) is 0 Å². The van der Waals surface area contributed by atoms with Crippen molar-refractivity contribution in [1.29, 1.82) is 0 Å². The highest BCUT2D eigenvalue weighted by atomic mass is 15.3. The van der Waals surface area contributed by atoms with Gasteiger partial charge in [0.1, 0.15) is 11.6 Å². The van der Waals surface area contributed by atoms with Gasteiger partial charge in [-0.3, -0.25) is 9.50 Å². The molecule has 3 rings (SSSR count). The molecular formula is C12H14N6. The van der Waals surface area contributed by atoms with E-state index in [1.54, 1.807) is 6.20 Å². The van der Waals surface area contributed by atoms with Crippen molar-refractivity contribution >= 4 is 17.3 Å². The van der Waals surface area contributed by atoms with Crippen LogP contribution in [0.1, 0.15) is 17.1 Å². The summed E-state index contributed by atoms with van der Waals surface area (Å²) in [6, 6.07) is 1.85. The number of aromatic nitrogens is 5. The molecule has 0 amide bonds. The van der Waals surface area contributed by atoms with Crippen molar-refractivity contribution in [2.75, 3.05) is 5.32 Å². The summed E-state index contributed by atoms with van der Waals surface area (Å²) in [5.41, 5.74) is 3.23. The van der Waals surface area contributed by atoms with Gasteiger partial charge in [0.15, 0.2) is 0 Å². The SMILES string of the molecule is Cc1cnc(Nc2ccn[nH]2)n2c(C)nc(C)c12. The first kappa shape index (κ1) is 10.8. The Morgan fingerprint density at radius 1 is 1.28 bits per heavy atom. The second-order valence-electron chi connectivity index (χ2n) is 4.29. The number of anilines is 2. The molecule has 0 aromatic carbocycles. The molecular weight excluding hydrogens is 228 g/mol. The van der Waals surface area contributed by atoms with Crippen molar-refractivity contribution in [3.8, 4) is 0 Å². The maximum absolute atomic E-state index is 4.50. The van der Waals surface area contributed by atoms with Crippen LogP contribution in [0.2, 0.25) is 0 Å². The Hall–Kier alpha value is -2.37. The Labute approximate surface area is 104 Å². The number of imidazole rings is 1. The number of fused-ring (bicyclic) bond motifs is 1.